The second kappa shape index (κ2) is 7.75. The van der Waals surface area contributed by atoms with Crippen LogP contribution in [0.25, 0.3) is 0 Å². The number of piperazine rings is 1. The molecule has 1 saturated heterocycles. The number of hydrogen-bond acceptors (Lipinski definition) is 3. The van der Waals surface area contributed by atoms with Gasteiger partial charge in [0.25, 0.3) is 0 Å². The molecule has 7 heteroatoms. The van der Waals surface area contributed by atoms with Gasteiger partial charge in [0.1, 0.15) is 11.9 Å². The highest BCUT2D eigenvalue weighted by Gasteiger charge is 2.25. The lowest BCUT2D eigenvalue weighted by atomic mass is 10.1. The molecule has 1 aliphatic rings. The molecule has 1 aromatic rings. The minimum atomic E-state index is -0.528. The van der Waals surface area contributed by atoms with Crippen molar-refractivity contribution >= 4 is 23.4 Å². The molecule has 0 radical (unpaired) electrons. The van der Waals surface area contributed by atoms with E-state index in [1.165, 1.54) is 13.0 Å². The van der Waals surface area contributed by atoms with Gasteiger partial charge in [-0.15, -0.1) is 0 Å². The molecular formula is C16H21ClFN3O2. The summed E-state index contributed by atoms with van der Waals surface area (Å²) >= 11 is 6.05. The molecule has 0 unspecified atom stereocenters. The van der Waals surface area contributed by atoms with Gasteiger partial charge in [0.15, 0.2) is 0 Å². The lowest BCUT2D eigenvalue weighted by molar-refractivity contribution is -0.137. The van der Waals surface area contributed by atoms with E-state index in [0.29, 0.717) is 43.3 Å². The number of nitrogens with zero attached hydrogens (tertiary/aromatic N) is 2. The Kier molecular flexibility index (Phi) is 5.96. The van der Waals surface area contributed by atoms with Gasteiger partial charge in [-0.2, -0.15) is 0 Å². The average molecular weight is 342 g/mol. The first-order chi connectivity index (χ1) is 10.9. The third kappa shape index (κ3) is 4.65. The number of benzene rings is 1. The van der Waals surface area contributed by atoms with E-state index in [-0.39, 0.29) is 17.6 Å². The fraction of sp³-hybridized carbons (Fsp3) is 0.500. The van der Waals surface area contributed by atoms with Crippen LogP contribution in [0.3, 0.4) is 0 Å². The van der Waals surface area contributed by atoms with E-state index in [0.717, 1.165) is 0 Å². The predicted molar refractivity (Wildman–Crippen MR) is 86.5 cm³/mol. The highest BCUT2D eigenvalue weighted by Crippen LogP contribution is 2.21. The number of hydrogen-bond donors (Lipinski definition) is 1. The summed E-state index contributed by atoms with van der Waals surface area (Å²) in [5.74, 6) is -0.627. The van der Waals surface area contributed by atoms with Crippen LogP contribution in [-0.2, 0) is 16.1 Å². The van der Waals surface area contributed by atoms with E-state index >= 15 is 0 Å². The lowest BCUT2D eigenvalue weighted by Gasteiger charge is -2.36. The van der Waals surface area contributed by atoms with Crippen LogP contribution in [0.2, 0.25) is 5.02 Å². The number of carbonyl (C=O) groups is 2. The Morgan fingerprint density at radius 1 is 1.30 bits per heavy atom. The van der Waals surface area contributed by atoms with Gasteiger partial charge in [0.05, 0.1) is 0 Å². The van der Waals surface area contributed by atoms with E-state index in [1.54, 1.807) is 24.0 Å². The van der Waals surface area contributed by atoms with Crippen molar-refractivity contribution in [3.63, 3.8) is 0 Å². The van der Waals surface area contributed by atoms with Gasteiger partial charge in [0.2, 0.25) is 11.8 Å². The maximum atomic E-state index is 13.8. The maximum absolute atomic E-state index is 13.8. The van der Waals surface area contributed by atoms with Crippen LogP contribution < -0.4 is 5.32 Å². The first kappa shape index (κ1) is 17.7. The molecule has 1 atom stereocenters. The number of nitrogens with one attached hydrogen (secondary N) is 1. The predicted octanol–water partition coefficient (Wildman–Crippen LogP) is 1.65. The monoisotopic (exact) mass is 341 g/mol. The molecule has 1 heterocycles. The third-order valence-corrected chi connectivity index (χ3v) is 4.27. The number of carbonyl (C=O) groups excluding carboxylic acids is 2. The zero-order valence-electron chi connectivity index (χ0n) is 13.3. The third-order valence-electron chi connectivity index (χ3n) is 3.92. The standard InChI is InChI=1S/C16H21ClFN3O2/c1-11(19-12(2)22)16(23)21-8-6-20(7-9-21)10-13-14(17)4-3-5-15(13)18/h3-5,11H,6-10H2,1-2H3,(H,19,22)/t11-/m1/s1. The lowest BCUT2D eigenvalue weighted by Crippen LogP contribution is -2.53. The molecule has 2 amide bonds. The van der Waals surface area contributed by atoms with Gasteiger partial charge in [-0.05, 0) is 19.1 Å². The molecule has 0 spiro atoms. The van der Waals surface area contributed by atoms with Crippen LogP contribution in [-0.4, -0.2) is 53.8 Å². The minimum Gasteiger partial charge on any atom is -0.345 e. The first-order valence-corrected chi connectivity index (χ1v) is 7.97. The van der Waals surface area contributed by atoms with Gasteiger partial charge in [-0.25, -0.2) is 4.39 Å². The number of halogens is 2. The largest absolute Gasteiger partial charge is 0.345 e. The van der Waals surface area contributed by atoms with E-state index in [1.807, 2.05) is 0 Å². The molecule has 1 aliphatic heterocycles. The SMILES string of the molecule is CC(=O)N[C@H](C)C(=O)N1CCN(Cc2c(F)cccc2Cl)CC1. The van der Waals surface area contributed by atoms with Crippen LogP contribution in [0.5, 0.6) is 0 Å². The number of amides is 2. The molecular weight excluding hydrogens is 321 g/mol. The molecule has 0 aliphatic carbocycles. The van der Waals surface area contributed by atoms with Crippen LogP contribution in [0.1, 0.15) is 19.4 Å². The molecule has 126 valence electrons. The van der Waals surface area contributed by atoms with Crippen molar-refractivity contribution < 1.29 is 14.0 Å². The molecule has 0 bridgehead atoms. The van der Waals surface area contributed by atoms with Gasteiger partial charge in [0, 0.05) is 50.2 Å². The van der Waals surface area contributed by atoms with Crippen LogP contribution in [0.4, 0.5) is 4.39 Å². The Morgan fingerprint density at radius 3 is 2.52 bits per heavy atom. The van der Waals surface area contributed by atoms with Crippen molar-refractivity contribution in [3.05, 3.63) is 34.6 Å². The van der Waals surface area contributed by atoms with Crippen molar-refractivity contribution in [1.29, 1.82) is 0 Å². The van der Waals surface area contributed by atoms with Gasteiger partial charge in [-0.3, -0.25) is 14.5 Å². The van der Waals surface area contributed by atoms with E-state index in [9.17, 15) is 14.0 Å². The van der Waals surface area contributed by atoms with Crippen molar-refractivity contribution in [2.45, 2.75) is 26.4 Å². The van der Waals surface area contributed by atoms with Crippen molar-refractivity contribution in [1.82, 2.24) is 15.1 Å². The average Bonchev–Trinajstić information content (AvgIpc) is 2.50. The molecule has 5 nitrogen and oxygen atoms in total. The van der Waals surface area contributed by atoms with Crippen LogP contribution in [0.15, 0.2) is 18.2 Å². The topological polar surface area (TPSA) is 52.7 Å². The summed E-state index contributed by atoms with van der Waals surface area (Å²) in [5, 5.41) is 3.01. The zero-order valence-corrected chi connectivity index (χ0v) is 14.1. The van der Waals surface area contributed by atoms with Gasteiger partial charge in [-0.1, -0.05) is 17.7 Å². The second-order valence-electron chi connectivity index (χ2n) is 5.72. The van der Waals surface area contributed by atoms with Crippen molar-refractivity contribution in [3.8, 4) is 0 Å². The van der Waals surface area contributed by atoms with Crippen LogP contribution >= 0.6 is 11.6 Å². The fourth-order valence-electron chi connectivity index (χ4n) is 2.67. The summed E-state index contributed by atoms with van der Waals surface area (Å²) in [4.78, 5) is 27.0. The zero-order chi connectivity index (χ0) is 17.0. The Bertz CT molecular complexity index is 568. The highest BCUT2D eigenvalue weighted by atomic mass is 35.5. The Morgan fingerprint density at radius 2 is 1.96 bits per heavy atom. The molecule has 1 aromatic carbocycles. The molecule has 0 aromatic heterocycles. The Labute approximate surface area is 140 Å². The van der Waals surface area contributed by atoms with Crippen LogP contribution in [0, 0.1) is 5.82 Å². The Hall–Kier alpha value is -1.66. The molecule has 23 heavy (non-hydrogen) atoms. The summed E-state index contributed by atoms with van der Waals surface area (Å²) in [7, 11) is 0. The summed E-state index contributed by atoms with van der Waals surface area (Å²) in [6, 6.07) is 4.13. The fourth-order valence-corrected chi connectivity index (χ4v) is 2.90. The van der Waals surface area contributed by atoms with E-state index < -0.39 is 6.04 Å². The highest BCUT2D eigenvalue weighted by molar-refractivity contribution is 6.31. The van der Waals surface area contributed by atoms with Gasteiger partial charge < -0.3 is 10.2 Å². The summed E-state index contributed by atoms with van der Waals surface area (Å²) in [6.07, 6.45) is 0. The van der Waals surface area contributed by atoms with Crippen molar-refractivity contribution in [2.24, 2.45) is 0 Å². The molecule has 1 fully saturated rings. The summed E-state index contributed by atoms with van der Waals surface area (Å²) < 4.78 is 13.8. The van der Waals surface area contributed by atoms with E-state index in [2.05, 4.69) is 10.2 Å². The van der Waals surface area contributed by atoms with E-state index in [4.69, 9.17) is 11.6 Å². The first-order valence-electron chi connectivity index (χ1n) is 7.59. The quantitative estimate of drug-likeness (QED) is 0.906. The normalized spacial score (nSPS) is 17.0. The molecule has 2 rings (SSSR count). The smallest absolute Gasteiger partial charge is 0.244 e. The molecule has 1 N–H and O–H groups in total. The second-order valence-corrected chi connectivity index (χ2v) is 6.13. The van der Waals surface area contributed by atoms with Gasteiger partial charge >= 0.3 is 0 Å². The summed E-state index contributed by atoms with van der Waals surface area (Å²) in [6.45, 7) is 5.87. The minimum absolute atomic E-state index is 0.0937. The number of rotatable bonds is 4. The van der Waals surface area contributed by atoms with Crippen molar-refractivity contribution in [2.75, 3.05) is 26.2 Å². The maximum Gasteiger partial charge on any atom is 0.244 e. The molecule has 0 saturated carbocycles. The summed E-state index contributed by atoms with van der Waals surface area (Å²) in [5.41, 5.74) is 0.487. The Balaban J connectivity index is 1.89.